The summed E-state index contributed by atoms with van der Waals surface area (Å²) < 4.78 is 26.5. The predicted molar refractivity (Wildman–Crippen MR) is 65.4 cm³/mol. The van der Waals surface area contributed by atoms with E-state index in [4.69, 9.17) is 10.8 Å². The Morgan fingerprint density at radius 2 is 2.19 bits per heavy atom. The number of nitrogen functional groups attached to an aromatic ring is 1. The van der Waals surface area contributed by atoms with Gasteiger partial charge in [0.2, 0.25) is 10.0 Å². The minimum absolute atomic E-state index is 0.00234. The van der Waals surface area contributed by atoms with Crippen LogP contribution in [0.4, 0.5) is 5.69 Å². The van der Waals surface area contributed by atoms with Gasteiger partial charge in [-0.1, -0.05) is 15.9 Å². The number of aliphatic hydroxyl groups excluding tert-OH is 1. The molecule has 0 heterocycles. The third-order valence-corrected chi connectivity index (χ3v) is 3.81. The molecule has 0 radical (unpaired) electrons. The Morgan fingerprint density at radius 1 is 1.56 bits per heavy atom. The highest BCUT2D eigenvalue weighted by Gasteiger charge is 2.17. The van der Waals surface area contributed by atoms with Crippen LogP contribution < -0.4 is 10.5 Å². The molecule has 0 bridgehead atoms. The van der Waals surface area contributed by atoms with Crippen molar-refractivity contribution in [2.45, 2.75) is 17.9 Å². The van der Waals surface area contributed by atoms with Crippen LogP contribution in [-0.4, -0.2) is 26.2 Å². The van der Waals surface area contributed by atoms with Gasteiger partial charge in [-0.25, -0.2) is 13.1 Å². The number of benzene rings is 1. The zero-order valence-electron chi connectivity index (χ0n) is 8.64. The topological polar surface area (TPSA) is 92.4 Å². The third-order valence-electron chi connectivity index (χ3n) is 1.83. The van der Waals surface area contributed by atoms with Crippen molar-refractivity contribution in [2.24, 2.45) is 0 Å². The SMILES string of the molecule is C[C@H](O)CNS(=O)(=O)c1cc(Br)ccc1N. The molecule has 0 aromatic heterocycles. The first-order valence-corrected chi connectivity index (χ1v) is 6.83. The molecule has 90 valence electrons. The highest BCUT2D eigenvalue weighted by Crippen LogP contribution is 2.22. The average molecular weight is 309 g/mol. The lowest BCUT2D eigenvalue weighted by molar-refractivity contribution is 0.198. The second-order valence-electron chi connectivity index (χ2n) is 3.38. The lowest BCUT2D eigenvalue weighted by Gasteiger charge is -2.10. The van der Waals surface area contributed by atoms with Crippen molar-refractivity contribution in [3.63, 3.8) is 0 Å². The van der Waals surface area contributed by atoms with Crippen molar-refractivity contribution < 1.29 is 13.5 Å². The van der Waals surface area contributed by atoms with Gasteiger partial charge in [0.1, 0.15) is 4.90 Å². The van der Waals surface area contributed by atoms with Crippen molar-refractivity contribution in [1.82, 2.24) is 4.72 Å². The van der Waals surface area contributed by atoms with Crippen molar-refractivity contribution in [1.29, 1.82) is 0 Å². The van der Waals surface area contributed by atoms with Crippen molar-refractivity contribution >= 4 is 31.6 Å². The number of nitrogens with two attached hydrogens (primary N) is 1. The summed E-state index contributed by atoms with van der Waals surface area (Å²) in [6.45, 7) is 1.45. The number of sulfonamides is 1. The number of hydrogen-bond acceptors (Lipinski definition) is 4. The predicted octanol–water partition coefficient (Wildman–Crippen LogP) is 0.690. The molecular formula is C9H13BrN2O3S. The molecule has 0 aliphatic heterocycles. The number of aliphatic hydroxyl groups is 1. The second kappa shape index (κ2) is 5.13. The maximum atomic E-state index is 11.8. The van der Waals surface area contributed by atoms with E-state index in [9.17, 15) is 8.42 Å². The summed E-state index contributed by atoms with van der Waals surface area (Å²) in [6, 6.07) is 4.57. The minimum Gasteiger partial charge on any atom is -0.398 e. The number of rotatable bonds is 4. The van der Waals surface area contributed by atoms with Crippen LogP contribution in [0.15, 0.2) is 27.6 Å². The quantitative estimate of drug-likeness (QED) is 0.714. The molecule has 0 spiro atoms. The maximum absolute atomic E-state index is 11.8. The standard InChI is InChI=1S/C9H13BrN2O3S/c1-6(13)5-12-16(14,15)9-4-7(10)2-3-8(9)11/h2-4,6,12-13H,5,11H2,1H3/t6-/m0/s1. The van der Waals surface area contributed by atoms with Gasteiger partial charge in [-0.15, -0.1) is 0 Å². The van der Waals surface area contributed by atoms with E-state index in [0.29, 0.717) is 4.47 Å². The second-order valence-corrected chi connectivity index (χ2v) is 6.03. The Hall–Kier alpha value is -0.630. The molecule has 7 heteroatoms. The zero-order chi connectivity index (χ0) is 12.3. The first-order chi connectivity index (χ1) is 7.33. The third kappa shape index (κ3) is 3.44. The molecule has 1 rings (SSSR count). The van der Waals surface area contributed by atoms with Crippen LogP contribution in [0.3, 0.4) is 0 Å². The summed E-state index contributed by atoms with van der Waals surface area (Å²) in [5.41, 5.74) is 5.75. The van der Waals surface area contributed by atoms with Crippen LogP contribution in [-0.2, 0) is 10.0 Å². The van der Waals surface area contributed by atoms with E-state index in [2.05, 4.69) is 20.7 Å². The van der Waals surface area contributed by atoms with E-state index in [1.807, 2.05) is 0 Å². The van der Waals surface area contributed by atoms with Gasteiger partial charge in [0.05, 0.1) is 11.8 Å². The summed E-state index contributed by atoms with van der Waals surface area (Å²) in [5, 5.41) is 9.02. The molecule has 0 aliphatic rings. The Balaban J connectivity index is 3.02. The van der Waals surface area contributed by atoms with Gasteiger partial charge in [-0.2, -0.15) is 0 Å². The summed E-state index contributed by atoms with van der Waals surface area (Å²) >= 11 is 3.17. The smallest absolute Gasteiger partial charge is 0.242 e. The highest BCUT2D eigenvalue weighted by molar-refractivity contribution is 9.10. The average Bonchev–Trinajstić information content (AvgIpc) is 2.19. The fourth-order valence-electron chi connectivity index (χ4n) is 1.05. The normalized spacial score (nSPS) is 13.7. The van der Waals surface area contributed by atoms with Crippen LogP contribution in [0.1, 0.15) is 6.92 Å². The van der Waals surface area contributed by atoms with Crippen molar-refractivity contribution in [3.05, 3.63) is 22.7 Å². The molecule has 16 heavy (non-hydrogen) atoms. The van der Waals surface area contributed by atoms with E-state index in [-0.39, 0.29) is 17.1 Å². The monoisotopic (exact) mass is 308 g/mol. The van der Waals surface area contributed by atoms with E-state index in [0.717, 1.165) is 0 Å². The summed E-state index contributed by atoms with van der Waals surface area (Å²) in [4.78, 5) is 0.00234. The molecule has 0 saturated heterocycles. The molecule has 1 aromatic carbocycles. The largest absolute Gasteiger partial charge is 0.398 e. The summed E-state index contributed by atoms with van der Waals surface area (Å²) in [7, 11) is -3.67. The fraction of sp³-hybridized carbons (Fsp3) is 0.333. The van der Waals surface area contributed by atoms with E-state index in [1.54, 1.807) is 6.07 Å². The van der Waals surface area contributed by atoms with Crippen LogP contribution in [0.5, 0.6) is 0 Å². The molecule has 5 nitrogen and oxygen atoms in total. The molecular weight excluding hydrogens is 296 g/mol. The maximum Gasteiger partial charge on any atom is 0.242 e. The number of halogens is 1. The molecule has 0 amide bonds. The van der Waals surface area contributed by atoms with Gasteiger partial charge >= 0.3 is 0 Å². The lowest BCUT2D eigenvalue weighted by Crippen LogP contribution is -2.31. The van der Waals surface area contributed by atoms with Crippen LogP contribution in [0, 0.1) is 0 Å². The number of anilines is 1. The first kappa shape index (κ1) is 13.4. The Morgan fingerprint density at radius 3 is 2.75 bits per heavy atom. The first-order valence-electron chi connectivity index (χ1n) is 4.55. The molecule has 1 aromatic rings. The molecule has 0 fully saturated rings. The van der Waals surface area contributed by atoms with Crippen molar-refractivity contribution in [2.75, 3.05) is 12.3 Å². The van der Waals surface area contributed by atoms with Crippen LogP contribution >= 0.6 is 15.9 Å². The zero-order valence-corrected chi connectivity index (χ0v) is 11.0. The molecule has 4 N–H and O–H groups in total. The van der Waals surface area contributed by atoms with Gasteiger partial charge in [0.25, 0.3) is 0 Å². The minimum atomic E-state index is -3.67. The number of nitrogens with one attached hydrogen (secondary N) is 1. The van der Waals surface area contributed by atoms with Gasteiger partial charge in [-0.05, 0) is 25.1 Å². The van der Waals surface area contributed by atoms with Gasteiger partial charge in [0.15, 0.2) is 0 Å². The van der Waals surface area contributed by atoms with Gasteiger partial charge in [0, 0.05) is 11.0 Å². The van der Waals surface area contributed by atoms with E-state index in [1.165, 1.54) is 19.1 Å². The van der Waals surface area contributed by atoms with Crippen LogP contribution in [0.2, 0.25) is 0 Å². The van der Waals surface area contributed by atoms with E-state index >= 15 is 0 Å². The highest BCUT2D eigenvalue weighted by atomic mass is 79.9. The molecule has 0 unspecified atom stereocenters. The number of hydrogen-bond donors (Lipinski definition) is 3. The Kier molecular flexibility index (Phi) is 4.31. The summed E-state index contributed by atoms with van der Waals surface area (Å²) in [6.07, 6.45) is -0.747. The fourth-order valence-corrected chi connectivity index (χ4v) is 2.84. The summed E-state index contributed by atoms with van der Waals surface area (Å²) in [5.74, 6) is 0. The van der Waals surface area contributed by atoms with Crippen LogP contribution in [0.25, 0.3) is 0 Å². The van der Waals surface area contributed by atoms with Crippen molar-refractivity contribution in [3.8, 4) is 0 Å². The van der Waals surface area contributed by atoms with Gasteiger partial charge < -0.3 is 10.8 Å². The Labute approximate surface area is 103 Å². The van der Waals surface area contributed by atoms with E-state index < -0.39 is 16.1 Å². The van der Waals surface area contributed by atoms with Gasteiger partial charge in [-0.3, -0.25) is 0 Å². The molecule has 0 saturated carbocycles. The molecule has 0 aliphatic carbocycles. The lowest BCUT2D eigenvalue weighted by atomic mass is 10.3. The molecule has 1 atom stereocenters. The Bertz CT molecular complexity index is 474.